The third-order valence-electron chi connectivity index (χ3n) is 2.89. The summed E-state index contributed by atoms with van der Waals surface area (Å²) in [5.41, 5.74) is 1.41. The van der Waals surface area contributed by atoms with Crippen LogP contribution in [-0.4, -0.2) is 16.1 Å². The lowest BCUT2D eigenvalue weighted by Crippen LogP contribution is -2.99. The summed E-state index contributed by atoms with van der Waals surface area (Å²) >= 11 is 1.25. The molecule has 3 rings (SSSR count). The largest absolute Gasteiger partial charge is 0.595 e. The van der Waals surface area contributed by atoms with Crippen molar-refractivity contribution in [3.8, 4) is 0 Å². The minimum atomic E-state index is -0.986. The number of hydrogen-bond acceptors (Lipinski definition) is 5. The summed E-state index contributed by atoms with van der Waals surface area (Å²) in [6.07, 6.45) is 0. The van der Waals surface area contributed by atoms with Crippen LogP contribution in [0.2, 0.25) is 0 Å². The highest BCUT2D eigenvalue weighted by atomic mass is 32.1. The van der Waals surface area contributed by atoms with Crippen LogP contribution in [0.1, 0.15) is 10.4 Å². The average molecular weight is 301 g/mol. The number of carbonyl (C=O) groups is 1. The second-order valence-corrected chi connectivity index (χ2v) is 5.36. The van der Waals surface area contributed by atoms with Gasteiger partial charge in [0.25, 0.3) is 5.91 Å². The minimum Gasteiger partial charge on any atom is -0.595 e. The van der Waals surface area contributed by atoms with Gasteiger partial charge in [-0.2, -0.15) is 5.23 Å². The number of aromatic nitrogens is 1. The Balaban J connectivity index is 1.86. The van der Waals surface area contributed by atoms with E-state index >= 15 is 0 Å². The van der Waals surface area contributed by atoms with E-state index in [1.165, 1.54) is 17.4 Å². The summed E-state index contributed by atoms with van der Waals surface area (Å²) < 4.78 is 0.721. The van der Waals surface area contributed by atoms with Crippen molar-refractivity contribution in [2.75, 3.05) is 5.32 Å². The van der Waals surface area contributed by atoms with Gasteiger partial charge in [-0.3, -0.25) is 10.1 Å². The van der Waals surface area contributed by atoms with Crippen LogP contribution in [0.15, 0.2) is 48.5 Å². The van der Waals surface area contributed by atoms with E-state index in [0.717, 1.165) is 4.70 Å². The molecule has 0 radical (unpaired) electrons. The van der Waals surface area contributed by atoms with Gasteiger partial charge in [-0.25, -0.2) is 10.2 Å². The highest BCUT2D eigenvalue weighted by Gasteiger charge is 2.11. The number of fused-ring (bicyclic) bond motifs is 1. The molecule has 106 valence electrons. The van der Waals surface area contributed by atoms with Gasteiger partial charge in [0.2, 0.25) is 0 Å². The van der Waals surface area contributed by atoms with Crippen molar-refractivity contribution in [1.29, 1.82) is 0 Å². The number of quaternary nitrogens is 1. The van der Waals surface area contributed by atoms with Crippen molar-refractivity contribution in [2.24, 2.45) is 0 Å². The maximum atomic E-state index is 12.0. The van der Waals surface area contributed by atoms with Crippen LogP contribution in [-0.2, 0) is 0 Å². The first kappa shape index (κ1) is 13.7. The van der Waals surface area contributed by atoms with E-state index in [1.807, 2.05) is 6.07 Å². The van der Waals surface area contributed by atoms with E-state index in [2.05, 4.69) is 10.3 Å². The average Bonchev–Trinajstić information content (AvgIpc) is 2.89. The smallest absolute Gasteiger partial charge is 0.257 e. The van der Waals surface area contributed by atoms with Gasteiger partial charge in [0, 0.05) is 17.7 Å². The standard InChI is InChI=1S/C14H11N3O3S/c18-13(9-4-2-1-3-5-9)16-14-15-11-7-6-10(17(19)20)8-12(11)21-14/h1-8,17,19H,(H,15,16,18). The summed E-state index contributed by atoms with van der Waals surface area (Å²) in [4.78, 5) is 16.3. The maximum Gasteiger partial charge on any atom is 0.257 e. The summed E-state index contributed by atoms with van der Waals surface area (Å²) in [7, 11) is 0. The van der Waals surface area contributed by atoms with Crippen molar-refractivity contribution in [1.82, 2.24) is 4.98 Å². The summed E-state index contributed by atoms with van der Waals surface area (Å²) in [6, 6.07) is 13.5. The molecule has 0 aliphatic heterocycles. The van der Waals surface area contributed by atoms with Crippen molar-refractivity contribution in [3.05, 3.63) is 59.3 Å². The Bertz CT molecular complexity index is 787. The Morgan fingerprint density at radius 3 is 2.71 bits per heavy atom. The zero-order valence-electron chi connectivity index (χ0n) is 10.7. The minimum absolute atomic E-state index is 0.201. The molecule has 3 N–H and O–H groups in total. The Labute approximate surface area is 123 Å². The topological polar surface area (TPSA) is 89.7 Å². The number of nitrogens with one attached hydrogen (secondary N) is 2. The second kappa shape index (κ2) is 5.58. The first-order valence-corrected chi connectivity index (χ1v) is 6.95. The summed E-state index contributed by atoms with van der Waals surface area (Å²) in [5.74, 6) is -0.242. The van der Waals surface area contributed by atoms with Gasteiger partial charge in [0.15, 0.2) is 10.8 Å². The molecule has 3 aromatic rings. The fourth-order valence-electron chi connectivity index (χ4n) is 1.87. The van der Waals surface area contributed by atoms with E-state index in [1.54, 1.807) is 36.4 Å². The van der Waals surface area contributed by atoms with Crippen molar-refractivity contribution >= 4 is 38.3 Å². The van der Waals surface area contributed by atoms with Crippen LogP contribution in [0.3, 0.4) is 0 Å². The van der Waals surface area contributed by atoms with Gasteiger partial charge in [0.1, 0.15) is 0 Å². The molecule has 0 bridgehead atoms. The number of thiazole rings is 1. The molecule has 0 saturated carbocycles. The number of rotatable bonds is 3. The van der Waals surface area contributed by atoms with E-state index in [4.69, 9.17) is 5.21 Å². The number of anilines is 1. The van der Waals surface area contributed by atoms with Gasteiger partial charge in [-0.05, 0) is 18.2 Å². The molecule has 0 fully saturated rings. The van der Waals surface area contributed by atoms with E-state index in [0.29, 0.717) is 16.2 Å². The normalized spacial score (nSPS) is 12.3. The quantitative estimate of drug-likeness (QED) is 0.645. The molecule has 1 heterocycles. The number of nitrogens with zero attached hydrogens (tertiary/aromatic N) is 1. The molecule has 1 aromatic heterocycles. The molecule has 1 amide bonds. The zero-order valence-corrected chi connectivity index (χ0v) is 11.6. The highest BCUT2D eigenvalue weighted by molar-refractivity contribution is 7.22. The molecule has 21 heavy (non-hydrogen) atoms. The fourth-order valence-corrected chi connectivity index (χ4v) is 2.77. The molecule has 1 unspecified atom stereocenters. The van der Waals surface area contributed by atoms with Crippen LogP contribution >= 0.6 is 11.3 Å². The fraction of sp³-hybridized carbons (Fsp3) is 0. The highest BCUT2D eigenvalue weighted by Crippen LogP contribution is 2.27. The van der Waals surface area contributed by atoms with Gasteiger partial charge in [0.05, 0.1) is 10.2 Å². The zero-order chi connectivity index (χ0) is 14.8. The van der Waals surface area contributed by atoms with E-state index in [-0.39, 0.29) is 11.6 Å². The second-order valence-electron chi connectivity index (χ2n) is 4.33. The number of hydrogen-bond donors (Lipinski definition) is 3. The molecule has 0 saturated heterocycles. The lowest BCUT2D eigenvalue weighted by molar-refractivity contribution is -0.991. The number of amides is 1. The Morgan fingerprint density at radius 2 is 2.00 bits per heavy atom. The third kappa shape index (κ3) is 2.91. The number of carbonyl (C=O) groups excluding carboxylic acids is 1. The SMILES string of the molecule is O=C(Nc1nc2ccc([NH+]([O-])O)cc2s1)c1ccccc1. The predicted molar refractivity (Wildman–Crippen MR) is 79.8 cm³/mol. The molecular formula is C14H11N3O3S. The molecular weight excluding hydrogens is 290 g/mol. The Morgan fingerprint density at radius 1 is 1.24 bits per heavy atom. The van der Waals surface area contributed by atoms with Crippen LogP contribution in [0.4, 0.5) is 10.8 Å². The van der Waals surface area contributed by atoms with Crippen LogP contribution in [0.25, 0.3) is 10.2 Å². The molecule has 0 aliphatic carbocycles. The lowest BCUT2D eigenvalue weighted by Gasteiger charge is -2.10. The maximum absolute atomic E-state index is 12.0. The first-order valence-electron chi connectivity index (χ1n) is 6.14. The van der Waals surface area contributed by atoms with Crippen LogP contribution < -0.4 is 10.5 Å². The van der Waals surface area contributed by atoms with Crippen molar-refractivity contribution in [3.63, 3.8) is 0 Å². The summed E-state index contributed by atoms with van der Waals surface area (Å²) in [5, 5.41) is 22.1. The van der Waals surface area contributed by atoms with Crippen LogP contribution in [0.5, 0.6) is 0 Å². The predicted octanol–water partition coefficient (Wildman–Crippen LogP) is 1.95. The molecule has 1 atom stereocenters. The molecule has 7 heteroatoms. The van der Waals surface area contributed by atoms with E-state index < -0.39 is 5.23 Å². The Kier molecular flexibility index (Phi) is 3.63. The van der Waals surface area contributed by atoms with E-state index in [9.17, 15) is 10.0 Å². The molecule has 2 aromatic carbocycles. The number of benzene rings is 2. The van der Waals surface area contributed by atoms with Gasteiger partial charge in [-0.15, -0.1) is 0 Å². The summed E-state index contributed by atoms with van der Waals surface area (Å²) in [6.45, 7) is 0. The molecule has 0 aliphatic rings. The van der Waals surface area contributed by atoms with Gasteiger partial charge >= 0.3 is 0 Å². The molecule has 0 spiro atoms. The third-order valence-corrected chi connectivity index (χ3v) is 3.83. The monoisotopic (exact) mass is 301 g/mol. The Hall–Kier alpha value is -2.32. The lowest BCUT2D eigenvalue weighted by atomic mass is 10.2. The van der Waals surface area contributed by atoms with Crippen LogP contribution in [0, 0.1) is 5.21 Å². The van der Waals surface area contributed by atoms with Gasteiger partial charge < -0.3 is 5.21 Å². The first-order chi connectivity index (χ1) is 10.1. The molecule has 6 nitrogen and oxygen atoms in total. The van der Waals surface area contributed by atoms with Crippen molar-refractivity contribution in [2.45, 2.75) is 0 Å². The van der Waals surface area contributed by atoms with Crippen molar-refractivity contribution < 1.29 is 15.2 Å². The van der Waals surface area contributed by atoms with Gasteiger partial charge in [-0.1, -0.05) is 29.5 Å².